The van der Waals surface area contributed by atoms with Gasteiger partial charge in [0.1, 0.15) is 24.3 Å². The van der Waals surface area contributed by atoms with Crippen molar-refractivity contribution in [2.45, 2.75) is 32.3 Å². The van der Waals surface area contributed by atoms with E-state index in [0.29, 0.717) is 35.4 Å². The first kappa shape index (κ1) is 25.9. The monoisotopic (exact) mass is 544 g/mol. The van der Waals surface area contributed by atoms with Crippen LogP contribution >= 0.6 is 23.2 Å². The number of amides is 1. The molecule has 0 unspecified atom stereocenters. The van der Waals surface area contributed by atoms with Crippen molar-refractivity contribution in [3.63, 3.8) is 0 Å². The number of carbonyl (C=O) groups is 1. The maximum absolute atomic E-state index is 11.6. The number of aryl methyl sites for hydroxylation is 1. The van der Waals surface area contributed by atoms with E-state index in [1.165, 1.54) is 0 Å². The number of imidazole rings is 1. The minimum absolute atomic E-state index is 0.129. The molecule has 2 atom stereocenters. The van der Waals surface area contributed by atoms with Crippen molar-refractivity contribution < 1.29 is 19.0 Å². The number of aromatic nitrogens is 2. The summed E-state index contributed by atoms with van der Waals surface area (Å²) in [6.07, 6.45) is 3.34. The lowest BCUT2D eigenvalue weighted by atomic mass is 10.1. The highest BCUT2D eigenvalue weighted by Crippen LogP contribution is 2.41. The van der Waals surface area contributed by atoms with E-state index in [1.54, 1.807) is 25.3 Å². The smallest absolute Gasteiger partial charge is 0.219 e. The summed E-state index contributed by atoms with van der Waals surface area (Å²) < 4.78 is 20.8. The van der Waals surface area contributed by atoms with E-state index < -0.39 is 5.79 Å². The van der Waals surface area contributed by atoms with Crippen LogP contribution < -0.4 is 9.64 Å². The first-order valence-corrected chi connectivity index (χ1v) is 13.1. The molecule has 0 bridgehead atoms. The van der Waals surface area contributed by atoms with Gasteiger partial charge in [0.25, 0.3) is 0 Å². The summed E-state index contributed by atoms with van der Waals surface area (Å²) >= 11 is 12.7. The maximum Gasteiger partial charge on any atom is 0.219 e. The Balaban J connectivity index is 1.23. The van der Waals surface area contributed by atoms with Crippen molar-refractivity contribution in [2.24, 2.45) is 0 Å². The number of hydrogen-bond acceptors (Lipinski definition) is 6. The fourth-order valence-corrected chi connectivity index (χ4v) is 5.32. The van der Waals surface area contributed by atoms with Gasteiger partial charge < -0.3 is 28.6 Å². The second-order valence-electron chi connectivity index (χ2n) is 9.33. The van der Waals surface area contributed by atoms with Gasteiger partial charge in [-0.25, -0.2) is 4.98 Å². The molecule has 1 aromatic heterocycles. The van der Waals surface area contributed by atoms with Gasteiger partial charge in [-0.1, -0.05) is 29.3 Å². The summed E-state index contributed by atoms with van der Waals surface area (Å²) in [7, 11) is 0. The molecule has 1 amide bonds. The summed E-state index contributed by atoms with van der Waals surface area (Å²) in [4.78, 5) is 20.0. The van der Waals surface area contributed by atoms with Crippen molar-refractivity contribution in [3.8, 4) is 5.75 Å². The summed E-state index contributed by atoms with van der Waals surface area (Å²) in [5.41, 5.74) is 1.83. The Kier molecular flexibility index (Phi) is 7.62. The molecule has 0 N–H and O–H groups in total. The Morgan fingerprint density at radius 2 is 1.89 bits per heavy atom. The van der Waals surface area contributed by atoms with Crippen LogP contribution in [0.3, 0.4) is 0 Å². The maximum atomic E-state index is 11.6. The van der Waals surface area contributed by atoms with Gasteiger partial charge in [-0.15, -0.1) is 0 Å². The third-order valence-corrected chi connectivity index (χ3v) is 7.41. The lowest BCUT2D eigenvalue weighted by Gasteiger charge is -2.35. The van der Waals surface area contributed by atoms with Crippen LogP contribution in [0.5, 0.6) is 5.75 Å². The highest BCUT2D eigenvalue weighted by atomic mass is 35.5. The molecule has 2 aliphatic heterocycles. The number of anilines is 1. The summed E-state index contributed by atoms with van der Waals surface area (Å²) in [6, 6.07) is 13.3. The first-order chi connectivity index (χ1) is 17.8. The Labute approximate surface area is 226 Å². The molecule has 5 rings (SSSR count). The molecular formula is C27H30Cl2N4O4. The highest BCUT2D eigenvalue weighted by Gasteiger charge is 2.45. The number of halogens is 2. The summed E-state index contributed by atoms with van der Waals surface area (Å²) in [5, 5.41) is 1.02. The van der Waals surface area contributed by atoms with Crippen LogP contribution in [-0.2, 0) is 26.6 Å². The van der Waals surface area contributed by atoms with Crippen molar-refractivity contribution in [1.82, 2.24) is 14.5 Å². The molecule has 2 fully saturated rings. The van der Waals surface area contributed by atoms with Crippen LogP contribution in [0.2, 0.25) is 10.0 Å². The molecule has 0 spiro atoms. The van der Waals surface area contributed by atoms with Gasteiger partial charge in [-0.3, -0.25) is 4.79 Å². The zero-order chi connectivity index (χ0) is 26.0. The number of nitrogens with zero attached hydrogens (tertiary/aromatic N) is 4. The van der Waals surface area contributed by atoms with Gasteiger partial charge >= 0.3 is 0 Å². The Hall–Kier alpha value is -2.78. The van der Waals surface area contributed by atoms with Gasteiger partial charge in [0, 0.05) is 61.8 Å². The second kappa shape index (κ2) is 10.9. The molecule has 0 aliphatic carbocycles. The van der Waals surface area contributed by atoms with Gasteiger partial charge in [0.05, 0.1) is 18.2 Å². The van der Waals surface area contributed by atoms with E-state index in [1.807, 2.05) is 52.9 Å². The van der Waals surface area contributed by atoms with E-state index in [4.69, 9.17) is 37.4 Å². The van der Waals surface area contributed by atoms with Crippen LogP contribution in [0.1, 0.15) is 18.3 Å². The lowest BCUT2D eigenvalue weighted by Crippen LogP contribution is -2.48. The number of ether oxygens (including phenoxy) is 3. The van der Waals surface area contributed by atoms with Crippen LogP contribution in [0, 0.1) is 6.92 Å². The number of benzene rings is 2. The van der Waals surface area contributed by atoms with Crippen molar-refractivity contribution in [3.05, 3.63) is 76.3 Å². The summed E-state index contributed by atoms with van der Waals surface area (Å²) in [5.74, 6) is 0.637. The van der Waals surface area contributed by atoms with Crippen molar-refractivity contribution >= 4 is 34.8 Å². The molecule has 37 heavy (non-hydrogen) atoms. The predicted octanol–water partition coefficient (Wildman–Crippen LogP) is 4.51. The molecule has 3 heterocycles. The van der Waals surface area contributed by atoms with Crippen LogP contribution in [0.4, 0.5) is 5.69 Å². The first-order valence-electron chi connectivity index (χ1n) is 12.3. The second-order valence-corrected chi connectivity index (χ2v) is 10.2. The Bertz CT molecular complexity index is 1240. The van der Waals surface area contributed by atoms with Gasteiger partial charge in [0.2, 0.25) is 11.7 Å². The fraction of sp³-hybridized carbons (Fsp3) is 0.407. The van der Waals surface area contributed by atoms with Crippen molar-refractivity contribution in [1.29, 1.82) is 0 Å². The number of piperazine rings is 1. The molecule has 2 aliphatic rings. The summed E-state index contributed by atoms with van der Waals surface area (Å²) in [6.45, 7) is 7.74. The average molecular weight is 545 g/mol. The van der Waals surface area contributed by atoms with E-state index >= 15 is 0 Å². The zero-order valence-electron chi connectivity index (χ0n) is 20.9. The number of rotatable bonds is 7. The van der Waals surface area contributed by atoms with E-state index in [0.717, 1.165) is 43.4 Å². The molecular weight excluding hydrogens is 515 g/mol. The van der Waals surface area contributed by atoms with Gasteiger partial charge in [0.15, 0.2) is 0 Å². The normalized spacial score (nSPS) is 21.9. The molecule has 10 heteroatoms. The van der Waals surface area contributed by atoms with E-state index in [-0.39, 0.29) is 12.0 Å². The Morgan fingerprint density at radius 1 is 1.14 bits per heavy atom. The predicted molar refractivity (Wildman–Crippen MR) is 142 cm³/mol. The zero-order valence-corrected chi connectivity index (χ0v) is 22.4. The Morgan fingerprint density at radius 3 is 2.54 bits per heavy atom. The lowest BCUT2D eigenvalue weighted by molar-refractivity contribution is -0.189. The molecule has 196 valence electrons. The minimum Gasteiger partial charge on any atom is -0.491 e. The third kappa shape index (κ3) is 5.72. The highest BCUT2D eigenvalue weighted by molar-refractivity contribution is 6.35. The molecule has 8 nitrogen and oxygen atoms in total. The number of carbonyl (C=O) groups excluding carboxylic acids is 1. The van der Waals surface area contributed by atoms with E-state index in [9.17, 15) is 4.79 Å². The molecule has 0 saturated carbocycles. The standard InChI is InChI=1S/C27H30Cl2N4O4/c1-19-30-9-10-33(19)18-27(25-8-3-21(28)15-26(25)29)36-17-24(37-27)16-35-23-6-4-22(5-7-23)32-13-11-31(12-14-32)20(2)34/h3-10,15,24H,11-14,16-18H2,1-2H3/t24-,27-/m0/s1. The SMILES string of the molecule is CC(=O)N1CCN(c2ccc(OC[C@H]3CO[C@](Cn4ccnc4C)(c4ccc(Cl)cc4Cl)O3)cc2)CC1. The molecule has 2 aromatic carbocycles. The molecule has 3 aromatic rings. The largest absolute Gasteiger partial charge is 0.491 e. The van der Waals surface area contributed by atoms with Gasteiger partial charge in [-0.05, 0) is 43.3 Å². The van der Waals surface area contributed by atoms with Crippen LogP contribution in [0.15, 0.2) is 54.9 Å². The van der Waals surface area contributed by atoms with Crippen molar-refractivity contribution in [2.75, 3.05) is 44.3 Å². The van der Waals surface area contributed by atoms with Crippen LogP contribution in [-0.4, -0.2) is 65.9 Å². The fourth-order valence-electron chi connectivity index (χ4n) is 4.77. The number of hydrogen-bond donors (Lipinski definition) is 0. The van der Waals surface area contributed by atoms with Gasteiger partial charge in [-0.2, -0.15) is 0 Å². The molecule has 0 radical (unpaired) electrons. The molecule has 2 saturated heterocycles. The van der Waals surface area contributed by atoms with E-state index in [2.05, 4.69) is 9.88 Å². The quantitative estimate of drug-likeness (QED) is 0.435. The third-order valence-electron chi connectivity index (χ3n) is 6.87. The average Bonchev–Trinajstić information content (AvgIpc) is 3.49. The minimum atomic E-state index is -1.09. The topological polar surface area (TPSA) is 69.1 Å². The van der Waals surface area contributed by atoms with Crippen LogP contribution in [0.25, 0.3) is 0 Å².